The summed E-state index contributed by atoms with van der Waals surface area (Å²) < 4.78 is 0. The maximum Gasteiger partial charge on any atom is 0.0421 e. The molecule has 4 aliphatic rings. The van der Waals surface area contributed by atoms with Crippen LogP contribution in [0.5, 0.6) is 0 Å². The van der Waals surface area contributed by atoms with E-state index in [4.69, 9.17) is 11.6 Å². The Hall–Kier alpha value is 0.250. The van der Waals surface area contributed by atoms with E-state index < -0.39 is 0 Å². The van der Waals surface area contributed by atoms with Gasteiger partial charge in [-0.1, -0.05) is 13.8 Å². The predicted octanol–water partition coefficient (Wildman–Crippen LogP) is 4.54. The standard InChI is InChI=1S/C17H30ClN/c1-4-19(5-2)12(3)9-17-10-13-6-14(11-17)8-15(7-13)16(17)18/h12-16H,4-11H2,1-3H3. The minimum absolute atomic E-state index is 0.471. The second kappa shape index (κ2) is 5.22. The smallest absolute Gasteiger partial charge is 0.0421 e. The van der Waals surface area contributed by atoms with E-state index in [0.29, 0.717) is 16.8 Å². The van der Waals surface area contributed by atoms with Gasteiger partial charge in [-0.2, -0.15) is 0 Å². The summed E-state index contributed by atoms with van der Waals surface area (Å²) in [5.74, 6) is 2.87. The third-order valence-electron chi connectivity index (χ3n) is 6.47. The van der Waals surface area contributed by atoms with Crippen molar-refractivity contribution in [3.8, 4) is 0 Å². The Labute approximate surface area is 124 Å². The van der Waals surface area contributed by atoms with Crippen LogP contribution in [0.2, 0.25) is 0 Å². The Morgan fingerprint density at radius 2 is 1.68 bits per heavy atom. The first kappa shape index (κ1) is 14.2. The fourth-order valence-corrected chi connectivity index (χ4v) is 6.46. The number of hydrogen-bond acceptors (Lipinski definition) is 1. The molecule has 1 nitrogen and oxygen atoms in total. The van der Waals surface area contributed by atoms with Crippen molar-refractivity contribution < 1.29 is 0 Å². The van der Waals surface area contributed by atoms with Crippen LogP contribution < -0.4 is 0 Å². The molecule has 4 bridgehead atoms. The number of halogens is 1. The van der Waals surface area contributed by atoms with Crippen molar-refractivity contribution in [2.45, 2.75) is 70.7 Å². The Morgan fingerprint density at radius 1 is 1.11 bits per heavy atom. The molecule has 4 rings (SSSR count). The molecule has 110 valence electrons. The van der Waals surface area contributed by atoms with Gasteiger partial charge in [-0.05, 0) is 81.7 Å². The Balaban J connectivity index is 1.75. The van der Waals surface area contributed by atoms with Crippen molar-refractivity contribution >= 4 is 11.6 Å². The van der Waals surface area contributed by atoms with Crippen molar-refractivity contribution in [2.24, 2.45) is 23.2 Å². The van der Waals surface area contributed by atoms with Crippen molar-refractivity contribution in [3.05, 3.63) is 0 Å². The summed E-state index contributed by atoms with van der Waals surface area (Å²) in [4.78, 5) is 2.61. The van der Waals surface area contributed by atoms with E-state index in [2.05, 4.69) is 25.7 Å². The lowest BCUT2D eigenvalue weighted by molar-refractivity contribution is -0.0631. The maximum atomic E-state index is 6.94. The average molecular weight is 284 g/mol. The van der Waals surface area contributed by atoms with Gasteiger partial charge in [0.25, 0.3) is 0 Å². The van der Waals surface area contributed by atoms with E-state index >= 15 is 0 Å². The minimum Gasteiger partial charge on any atom is -0.301 e. The summed E-state index contributed by atoms with van der Waals surface area (Å²) in [5.41, 5.74) is 0.484. The molecule has 0 aromatic rings. The van der Waals surface area contributed by atoms with Crippen molar-refractivity contribution in [2.75, 3.05) is 13.1 Å². The molecule has 2 heteroatoms. The highest BCUT2D eigenvalue weighted by molar-refractivity contribution is 6.21. The van der Waals surface area contributed by atoms with E-state index in [-0.39, 0.29) is 0 Å². The van der Waals surface area contributed by atoms with Gasteiger partial charge in [0.2, 0.25) is 0 Å². The molecule has 0 N–H and O–H groups in total. The topological polar surface area (TPSA) is 3.24 Å². The summed E-state index contributed by atoms with van der Waals surface area (Å²) in [6.07, 6.45) is 8.59. The van der Waals surface area contributed by atoms with Gasteiger partial charge in [0.05, 0.1) is 0 Å². The molecule has 0 aromatic carbocycles. The molecule has 4 atom stereocenters. The third kappa shape index (κ3) is 2.35. The van der Waals surface area contributed by atoms with Gasteiger partial charge in [0.1, 0.15) is 0 Å². The van der Waals surface area contributed by atoms with Gasteiger partial charge in [-0.25, -0.2) is 0 Å². The summed E-state index contributed by atoms with van der Waals surface area (Å²) >= 11 is 6.94. The molecule has 4 fully saturated rings. The second-order valence-electron chi connectivity index (χ2n) is 7.65. The first-order chi connectivity index (χ1) is 9.08. The van der Waals surface area contributed by atoms with E-state index in [0.717, 1.165) is 17.8 Å². The lowest BCUT2D eigenvalue weighted by Gasteiger charge is -2.60. The van der Waals surface area contributed by atoms with Gasteiger partial charge >= 0.3 is 0 Å². The quantitative estimate of drug-likeness (QED) is 0.670. The van der Waals surface area contributed by atoms with Crippen LogP contribution in [-0.4, -0.2) is 29.4 Å². The van der Waals surface area contributed by atoms with Gasteiger partial charge < -0.3 is 4.90 Å². The molecule has 0 aromatic heterocycles. The zero-order valence-electron chi connectivity index (χ0n) is 12.9. The van der Waals surface area contributed by atoms with Crippen molar-refractivity contribution in [3.63, 3.8) is 0 Å². The molecular weight excluding hydrogens is 254 g/mol. The van der Waals surface area contributed by atoms with Crippen LogP contribution >= 0.6 is 11.6 Å². The summed E-state index contributed by atoms with van der Waals surface area (Å²) in [6, 6.07) is 0.701. The molecule has 4 saturated carbocycles. The fraction of sp³-hybridized carbons (Fsp3) is 1.00. The summed E-state index contributed by atoms with van der Waals surface area (Å²) in [7, 11) is 0. The SMILES string of the molecule is CCN(CC)C(C)CC12CC3CC(CC(C3)C1Cl)C2. The van der Waals surface area contributed by atoms with Crippen LogP contribution in [0.15, 0.2) is 0 Å². The molecule has 0 saturated heterocycles. The third-order valence-corrected chi connectivity index (χ3v) is 7.29. The zero-order chi connectivity index (χ0) is 13.6. The van der Waals surface area contributed by atoms with Gasteiger partial charge in [-0.15, -0.1) is 11.6 Å². The van der Waals surface area contributed by atoms with Crippen LogP contribution in [0.3, 0.4) is 0 Å². The number of nitrogens with zero attached hydrogens (tertiary/aromatic N) is 1. The minimum atomic E-state index is 0.471. The van der Waals surface area contributed by atoms with Gasteiger partial charge in [0, 0.05) is 11.4 Å². The molecule has 0 radical (unpaired) electrons. The monoisotopic (exact) mass is 283 g/mol. The van der Waals surface area contributed by atoms with Crippen molar-refractivity contribution in [1.82, 2.24) is 4.90 Å². The number of alkyl halides is 1. The largest absolute Gasteiger partial charge is 0.301 e. The highest BCUT2D eigenvalue weighted by atomic mass is 35.5. The number of hydrogen-bond donors (Lipinski definition) is 0. The van der Waals surface area contributed by atoms with E-state index in [1.165, 1.54) is 51.6 Å². The molecular formula is C17H30ClN. The Morgan fingerprint density at radius 3 is 2.21 bits per heavy atom. The first-order valence-corrected chi connectivity index (χ1v) is 8.89. The highest BCUT2D eigenvalue weighted by Gasteiger charge is 2.56. The maximum absolute atomic E-state index is 6.94. The average Bonchev–Trinajstić information content (AvgIpc) is 2.36. The molecule has 0 spiro atoms. The lowest BCUT2D eigenvalue weighted by Crippen LogP contribution is -2.55. The van der Waals surface area contributed by atoms with Crippen LogP contribution in [0, 0.1) is 23.2 Å². The normalized spacial score (nSPS) is 45.9. The zero-order valence-corrected chi connectivity index (χ0v) is 13.6. The molecule has 0 aliphatic heterocycles. The Bertz CT molecular complexity index is 311. The molecule has 0 amide bonds. The molecule has 0 heterocycles. The van der Waals surface area contributed by atoms with Gasteiger partial charge in [0.15, 0.2) is 0 Å². The Kier molecular flexibility index (Phi) is 3.90. The van der Waals surface area contributed by atoms with Crippen LogP contribution in [0.4, 0.5) is 0 Å². The second-order valence-corrected chi connectivity index (χ2v) is 8.12. The molecule has 19 heavy (non-hydrogen) atoms. The van der Waals surface area contributed by atoms with Crippen LogP contribution in [-0.2, 0) is 0 Å². The lowest BCUT2D eigenvalue weighted by atomic mass is 9.48. The fourth-order valence-electron chi connectivity index (χ4n) is 5.99. The van der Waals surface area contributed by atoms with Crippen LogP contribution in [0.1, 0.15) is 59.3 Å². The highest BCUT2D eigenvalue weighted by Crippen LogP contribution is 2.63. The van der Waals surface area contributed by atoms with E-state index in [1.807, 2.05) is 0 Å². The van der Waals surface area contributed by atoms with Gasteiger partial charge in [-0.3, -0.25) is 0 Å². The molecule has 4 aliphatic carbocycles. The molecule has 4 unspecified atom stereocenters. The first-order valence-electron chi connectivity index (χ1n) is 8.46. The summed E-state index contributed by atoms with van der Waals surface area (Å²) in [6.45, 7) is 9.36. The van der Waals surface area contributed by atoms with E-state index in [1.54, 1.807) is 0 Å². The van der Waals surface area contributed by atoms with Crippen LogP contribution in [0.25, 0.3) is 0 Å². The summed E-state index contributed by atoms with van der Waals surface area (Å²) in [5, 5.41) is 0.471. The van der Waals surface area contributed by atoms with Crippen molar-refractivity contribution in [1.29, 1.82) is 0 Å². The number of rotatable bonds is 5. The predicted molar refractivity (Wildman–Crippen MR) is 82.6 cm³/mol. The van der Waals surface area contributed by atoms with E-state index in [9.17, 15) is 0 Å².